The van der Waals surface area contributed by atoms with Crippen LogP contribution in [0.4, 0.5) is 0 Å². The lowest BCUT2D eigenvalue weighted by molar-refractivity contribution is 0.218. The molecule has 1 aliphatic heterocycles. The van der Waals surface area contributed by atoms with Gasteiger partial charge in [-0.3, -0.25) is 4.98 Å². The predicted octanol–water partition coefficient (Wildman–Crippen LogP) is 3.39. The molecule has 0 unspecified atom stereocenters. The van der Waals surface area contributed by atoms with Gasteiger partial charge in [-0.05, 0) is 37.7 Å². The van der Waals surface area contributed by atoms with Crippen LogP contribution in [0, 0.1) is 6.92 Å². The molecule has 25 heavy (non-hydrogen) atoms. The van der Waals surface area contributed by atoms with E-state index in [4.69, 9.17) is 12.2 Å². The summed E-state index contributed by atoms with van der Waals surface area (Å²) >= 11 is 5.79. The van der Waals surface area contributed by atoms with Gasteiger partial charge in [-0.15, -0.1) is 0 Å². The second-order valence-electron chi connectivity index (χ2n) is 6.42. The van der Waals surface area contributed by atoms with Crippen LogP contribution < -0.4 is 0 Å². The van der Waals surface area contributed by atoms with E-state index >= 15 is 0 Å². The third kappa shape index (κ3) is 4.06. The minimum absolute atomic E-state index is 0.221. The van der Waals surface area contributed by atoms with Crippen molar-refractivity contribution in [2.24, 2.45) is 0 Å². The zero-order chi connectivity index (χ0) is 17.8. The van der Waals surface area contributed by atoms with Gasteiger partial charge in [0.15, 0.2) is 0 Å². The molecule has 1 saturated heterocycles. The molecular weight excluding hydrogens is 330 g/mol. The number of benzene rings is 1. The Kier molecular flexibility index (Phi) is 5.46. The Morgan fingerprint density at radius 3 is 2.36 bits per heavy atom. The van der Waals surface area contributed by atoms with Gasteiger partial charge in [0.1, 0.15) is 10.7 Å². The van der Waals surface area contributed by atoms with Crippen molar-refractivity contribution in [1.29, 1.82) is 0 Å². The third-order valence-electron chi connectivity index (χ3n) is 4.50. The Morgan fingerprint density at radius 2 is 1.72 bits per heavy atom. The highest BCUT2D eigenvalue weighted by atomic mass is 32.1. The summed E-state index contributed by atoms with van der Waals surface area (Å²) in [4.78, 5) is 9.25. The zero-order valence-corrected chi connectivity index (χ0v) is 15.5. The maximum Gasteiger partial charge on any atom is 0.133 e. The van der Waals surface area contributed by atoms with E-state index in [1.807, 2.05) is 43.3 Å². The number of aliphatic hydroxyl groups excluding tert-OH is 1. The fraction of sp³-hybridized carbons (Fsp3) is 0.300. The molecule has 0 spiro atoms. The van der Waals surface area contributed by atoms with Gasteiger partial charge in [0.05, 0.1) is 5.57 Å². The molecule has 130 valence electrons. The van der Waals surface area contributed by atoms with Crippen molar-refractivity contribution < 1.29 is 5.11 Å². The molecule has 3 rings (SSSR count). The number of piperazine rings is 1. The molecule has 5 heteroatoms. The van der Waals surface area contributed by atoms with Crippen molar-refractivity contribution in [3.05, 3.63) is 65.5 Å². The average molecular weight is 353 g/mol. The van der Waals surface area contributed by atoms with E-state index in [0.717, 1.165) is 42.9 Å². The van der Waals surface area contributed by atoms with Crippen LogP contribution in [-0.2, 0) is 0 Å². The number of likely N-dealkylation sites (N-methyl/N-ethyl adjacent to an activating group) is 1. The number of nitrogens with zero attached hydrogens (tertiary/aromatic N) is 3. The van der Waals surface area contributed by atoms with Gasteiger partial charge in [-0.1, -0.05) is 36.0 Å². The molecule has 0 bridgehead atoms. The first kappa shape index (κ1) is 17.6. The zero-order valence-electron chi connectivity index (χ0n) is 14.6. The van der Waals surface area contributed by atoms with Crippen LogP contribution in [0.5, 0.6) is 0 Å². The summed E-state index contributed by atoms with van der Waals surface area (Å²) in [7, 11) is 2.12. The highest BCUT2D eigenvalue weighted by Gasteiger charge is 2.23. The topological polar surface area (TPSA) is 39.6 Å². The summed E-state index contributed by atoms with van der Waals surface area (Å²) in [5, 5.41) is 11.0. The van der Waals surface area contributed by atoms with E-state index in [0.29, 0.717) is 10.6 Å². The number of rotatable bonds is 3. The molecule has 4 nitrogen and oxygen atoms in total. The number of aryl methyl sites for hydroxylation is 1. The number of thiocarbonyl (C=S) groups is 1. The Bertz CT molecular complexity index is 781. The van der Waals surface area contributed by atoms with E-state index in [9.17, 15) is 5.11 Å². The van der Waals surface area contributed by atoms with E-state index in [1.54, 1.807) is 12.4 Å². The molecule has 1 aromatic carbocycles. The molecule has 2 heterocycles. The molecule has 0 amide bonds. The number of pyridine rings is 1. The molecule has 0 aliphatic carbocycles. The van der Waals surface area contributed by atoms with Gasteiger partial charge in [-0.25, -0.2) is 0 Å². The minimum Gasteiger partial charge on any atom is -0.507 e. The maximum atomic E-state index is 11.0. The molecule has 1 fully saturated rings. The summed E-state index contributed by atoms with van der Waals surface area (Å²) in [5.74, 6) is 0.221. The van der Waals surface area contributed by atoms with Crippen LogP contribution in [0.25, 0.3) is 11.3 Å². The van der Waals surface area contributed by atoms with Crippen molar-refractivity contribution in [2.45, 2.75) is 6.92 Å². The first-order valence-corrected chi connectivity index (χ1v) is 8.85. The first-order valence-electron chi connectivity index (χ1n) is 8.45. The Hall–Kier alpha value is -2.24. The second-order valence-corrected chi connectivity index (χ2v) is 6.81. The van der Waals surface area contributed by atoms with Crippen LogP contribution in [0.1, 0.15) is 16.7 Å². The summed E-state index contributed by atoms with van der Waals surface area (Å²) in [6.45, 7) is 5.68. The summed E-state index contributed by atoms with van der Waals surface area (Å²) in [6.07, 6.45) is 3.46. The Balaban J connectivity index is 2.04. The molecule has 0 saturated carbocycles. The fourth-order valence-corrected chi connectivity index (χ4v) is 3.38. The lowest BCUT2D eigenvalue weighted by atomic mass is 10.00. The molecule has 2 aromatic rings. The smallest absolute Gasteiger partial charge is 0.133 e. The standard InChI is InChI=1S/C20H23N3OS/c1-15-4-3-5-17(14-15)19(24)18(16-6-8-21-9-7-16)20(25)23-12-10-22(2)11-13-23/h3-9,14,24H,10-13H2,1-2H3. The van der Waals surface area contributed by atoms with Crippen LogP contribution >= 0.6 is 12.2 Å². The summed E-state index contributed by atoms with van der Waals surface area (Å²) < 4.78 is 0. The van der Waals surface area contributed by atoms with Gasteiger partial charge in [-0.2, -0.15) is 0 Å². The van der Waals surface area contributed by atoms with E-state index in [1.165, 1.54) is 0 Å². The number of hydrogen-bond donors (Lipinski definition) is 1. The van der Waals surface area contributed by atoms with Crippen molar-refractivity contribution in [2.75, 3.05) is 33.2 Å². The fourth-order valence-electron chi connectivity index (χ4n) is 2.98. The normalized spacial score (nSPS) is 16.5. The van der Waals surface area contributed by atoms with E-state index < -0.39 is 0 Å². The van der Waals surface area contributed by atoms with Crippen LogP contribution in [-0.4, -0.2) is 58.1 Å². The number of aliphatic hydroxyl groups is 1. The molecule has 1 N–H and O–H groups in total. The van der Waals surface area contributed by atoms with Crippen LogP contribution in [0.3, 0.4) is 0 Å². The Labute approximate surface area is 154 Å². The van der Waals surface area contributed by atoms with E-state index in [-0.39, 0.29) is 5.76 Å². The molecular formula is C20H23N3OS. The molecule has 1 aromatic heterocycles. The first-order chi connectivity index (χ1) is 12.1. The number of aromatic nitrogens is 1. The third-order valence-corrected chi connectivity index (χ3v) is 4.96. The van der Waals surface area contributed by atoms with Crippen molar-refractivity contribution in [1.82, 2.24) is 14.8 Å². The molecule has 0 atom stereocenters. The highest BCUT2D eigenvalue weighted by Crippen LogP contribution is 2.28. The van der Waals surface area contributed by atoms with Crippen LogP contribution in [0.2, 0.25) is 0 Å². The van der Waals surface area contributed by atoms with E-state index in [2.05, 4.69) is 21.8 Å². The highest BCUT2D eigenvalue weighted by molar-refractivity contribution is 7.81. The van der Waals surface area contributed by atoms with Crippen molar-refractivity contribution in [3.8, 4) is 0 Å². The predicted molar refractivity (Wildman–Crippen MR) is 107 cm³/mol. The average Bonchev–Trinajstić information content (AvgIpc) is 2.63. The van der Waals surface area contributed by atoms with Crippen LogP contribution in [0.15, 0.2) is 48.8 Å². The second kappa shape index (κ2) is 7.76. The summed E-state index contributed by atoms with van der Waals surface area (Å²) in [6, 6.07) is 11.6. The lowest BCUT2D eigenvalue weighted by Crippen LogP contribution is -2.46. The minimum atomic E-state index is 0.221. The largest absolute Gasteiger partial charge is 0.507 e. The van der Waals surface area contributed by atoms with Crippen molar-refractivity contribution >= 4 is 28.5 Å². The Morgan fingerprint density at radius 1 is 1.04 bits per heavy atom. The van der Waals surface area contributed by atoms with Gasteiger partial charge >= 0.3 is 0 Å². The molecule has 1 aliphatic rings. The van der Waals surface area contributed by atoms with Crippen molar-refractivity contribution in [3.63, 3.8) is 0 Å². The van der Waals surface area contributed by atoms with Gasteiger partial charge in [0.2, 0.25) is 0 Å². The summed E-state index contributed by atoms with van der Waals surface area (Å²) in [5.41, 5.74) is 3.47. The number of hydrogen-bond acceptors (Lipinski definition) is 4. The maximum absolute atomic E-state index is 11.0. The van der Waals surface area contributed by atoms with Gasteiger partial charge in [0.25, 0.3) is 0 Å². The molecule has 0 radical (unpaired) electrons. The van der Waals surface area contributed by atoms with Gasteiger partial charge < -0.3 is 14.9 Å². The quantitative estimate of drug-likeness (QED) is 0.520. The van der Waals surface area contributed by atoms with Gasteiger partial charge in [0, 0.05) is 44.1 Å². The monoisotopic (exact) mass is 353 g/mol. The lowest BCUT2D eigenvalue weighted by Gasteiger charge is -2.35. The SMILES string of the molecule is Cc1cccc(C(O)=C(C(=S)N2CCN(C)CC2)c2ccncc2)c1.